The van der Waals surface area contributed by atoms with E-state index in [-0.39, 0.29) is 17.2 Å². The maximum absolute atomic E-state index is 13.4. The van der Waals surface area contributed by atoms with Gasteiger partial charge in [-0.15, -0.1) is 0 Å². The first-order valence-corrected chi connectivity index (χ1v) is 8.84. The predicted octanol–water partition coefficient (Wildman–Crippen LogP) is 5.62. The van der Waals surface area contributed by atoms with Gasteiger partial charge in [-0.3, -0.25) is 10.1 Å². The number of nitrogens with one attached hydrogen (secondary N) is 2. The number of halogens is 3. The smallest absolute Gasteiger partial charge is 0.411 e. The lowest BCUT2D eigenvalue weighted by Crippen LogP contribution is -2.15. The first-order valence-electron chi connectivity index (χ1n) is 8.46. The summed E-state index contributed by atoms with van der Waals surface area (Å²) in [5.74, 6) is -3.06. The molecule has 8 heteroatoms. The molecule has 3 rings (SSSR count). The van der Waals surface area contributed by atoms with Crippen LogP contribution in [0.3, 0.4) is 0 Å². The molecule has 0 saturated heterocycles. The predicted molar refractivity (Wildman–Crippen MR) is 106 cm³/mol. The summed E-state index contributed by atoms with van der Waals surface area (Å²) in [7, 11) is 0. The molecule has 5 nitrogen and oxygen atoms in total. The summed E-state index contributed by atoms with van der Waals surface area (Å²) in [5, 5.41) is 4.84. The molecule has 3 aromatic rings. The molecule has 0 aliphatic carbocycles. The molecule has 0 radical (unpaired) electrons. The van der Waals surface area contributed by atoms with Gasteiger partial charge in [0.1, 0.15) is 6.61 Å². The molecule has 2 amide bonds. The van der Waals surface area contributed by atoms with E-state index in [1.165, 1.54) is 6.07 Å². The first kappa shape index (κ1) is 20.3. The summed E-state index contributed by atoms with van der Waals surface area (Å²) in [6.45, 7) is 0.109. The van der Waals surface area contributed by atoms with Crippen molar-refractivity contribution < 1.29 is 23.1 Å². The van der Waals surface area contributed by atoms with E-state index >= 15 is 0 Å². The average molecular weight is 417 g/mol. The minimum Gasteiger partial charge on any atom is -0.444 e. The fourth-order valence-corrected chi connectivity index (χ4v) is 2.68. The standard InChI is InChI=1S/C21H15ClF2N2O3/c22-17-11-19(24)18(23)10-16(17)20(27)25-14-7-4-8-15(9-14)26-21(28)29-12-13-5-2-1-3-6-13/h1-11H,12H2,(H,25,27)(H,26,28). The van der Waals surface area contributed by atoms with Crippen LogP contribution in [0.2, 0.25) is 5.02 Å². The van der Waals surface area contributed by atoms with Crippen molar-refractivity contribution in [2.24, 2.45) is 0 Å². The highest BCUT2D eigenvalue weighted by Gasteiger charge is 2.15. The monoisotopic (exact) mass is 416 g/mol. The minimum absolute atomic E-state index is 0.109. The lowest BCUT2D eigenvalue weighted by Gasteiger charge is -2.10. The van der Waals surface area contributed by atoms with Gasteiger partial charge in [-0.05, 0) is 35.9 Å². The van der Waals surface area contributed by atoms with Crippen molar-refractivity contribution in [1.29, 1.82) is 0 Å². The highest BCUT2D eigenvalue weighted by atomic mass is 35.5. The van der Waals surface area contributed by atoms with E-state index < -0.39 is 23.6 Å². The molecule has 0 aromatic heterocycles. The zero-order valence-corrected chi connectivity index (χ0v) is 15.7. The Bertz CT molecular complexity index is 1050. The number of amides is 2. The molecular formula is C21H15ClF2N2O3. The largest absolute Gasteiger partial charge is 0.444 e. The van der Waals surface area contributed by atoms with E-state index in [0.717, 1.165) is 17.7 Å². The van der Waals surface area contributed by atoms with E-state index in [4.69, 9.17) is 16.3 Å². The highest BCUT2D eigenvalue weighted by Crippen LogP contribution is 2.22. The zero-order chi connectivity index (χ0) is 20.8. The van der Waals surface area contributed by atoms with E-state index in [0.29, 0.717) is 11.4 Å². The Morgan fingerprint density at radius 1 is 0.862 bits per heavy atom. The van der Waals surface area contributed by atoms with E-state index in [1.807, 2.05) is 30.3 Å². The van der Waals surface area contributed by atoms with E-state index in [1.54, 1.807) is 18.2 Å². The van der Waals surface area contributed by atoms with Crippen LogP contribution in [-0.2, 0) is 11.3 Å². The zero-order valence-electron chi connectivity index (χ0n) is 14.9. The number of benzene rings is 3. The second-order valence-electron chi connectivity index (χ2n) is 5.97. The van der Waals surface area contributed by atoms with Crippen LogP contribution < -0.4 is 10.6 Å². The molecule has 0 aliphatic rings. The number of hydrogen-bond acceptors (Lipinski definition) is 3. The van der Waals surface area contributed by atoms with Gasteiger partial charge in [0.25, 0.3) is 5.91 Å². The van der Waals surface area contributed by atoms with Crippen LogP contribution in [-0.4, -0.2) is 12.0 Å². The van der Waals surface area contributed by atoms with Gasteiger partial charge >= 0.3 is 6.09 Å². The van der Waals surface area contributed by atoms with Gasteiger partial charge in [-0.1, -0.05) is 48.0 Å². The minimum atomic E-state index is -1.18. The van der Waals surface area contributed by atoms with Gasteiger partial charge in [-0.25, -0.2) is 13.6 Å². The van der Waals surface area contributed by atoms with Crippen LogP contribution in [0.1, 0.15) is 15.9 Å². The van der Waals surface area contributed by atoms with Crippen LogP contribution >= 0.6 is 11.6 Å². The van der Waals surface area contributed by atoms with Crippen molar-refractivity contribution in [2.45, 2.75) is 6.61 Å². The maximum Gasteiger partial charge on any atom is 0.411 e. The third-order valence-corrected chi connectivity index (χ3v) is 4.15. The molecule has 3 aromatic carbocycles. The number of hydrogen-bond donors (Lipinski definition) is 2. The topological polar surface area (TPSA) is 67.4 Å². The van der Waals surface area contributed by atoms with Gasteiger partial charge in [-0.2, -0.15) is 0 Å². The number of carbonyl (C=O) groups excluding carboxylic acids is 2. The van der Waals surface area contributed by atoms with Gasteiger partial charge in [0.2, 0.25) is 0 Å². The van der Waals surface area contributed by atoms with Crippen molar-refractivity contribution in [1.82, 2.24) is 0 Å². The summed E-state index contributed by atoms with van der Waals surface area (Å²) in [6, 6.07) is 16.9. The third-order valence-electron chi connectivity index (χ3n) is 3.83. The Labute approximate surface area is 170 Å². The summed E-state index contributed by atoms with van der Waals surface area (Å²) < 4.78 is 31.7. The Balaban J connectivity index is 1.62. The van der Waals surface area contributed by atoms with Crippen LogP contribution in [0.15, 0.2) is 66.7 Å². The molecule has 0 saturated carbocycles. The number of ether oxygens (including phenoxy) is 1. The quantitative estimate of drug-likeness (QED) is 0.530. The first-order chi connectivity index (χ1) is 13.9. The van der Waals surface area contributed by atoms with E-state index in [2.05, 4.69) is 10.6 Å². The fraction of sp³-hybridized carbons (Fsp3) is 0.0476. The SMILES string of the molecule is O=C(Nc1cccc(NC(=O)c2cc(F)c(F)cc2Cl)c1)OCc1ccccc1. The second-order valence-corrected chi connectivity index (χ2v) is 6.38. The molecule has 0 unspecified atom stereocenters. The van der Waals surface area contributed by atoms with Gasteiger partial charge < -0.3 is 10.1 Å². The Morgan fingerprint density at radius 3 is 2.24 bits per heavy atom. The summed E-state index contributed by atoms with van der Waals surface area (Å²) >= 11 is 5.81. The van der Waals surface area contributed by atoms with Crippen molar-refractivity contribution >= 4 is 35.0 Å². The van der Waals surface area contributed by atoms with Crippen molar-refractivity contribution in [3.8, 4) is 0 Å². The Morgan fingerprint density at radius 2 is 1.52 bits per heavy atom. The molecule has 148 valence electrons. The van der Waals surface area contributed by atoms with Crippen LogP contribution in [0.25, 0.3) is 0 Å². The van der Waals surface area contributed by atoms with Crippen molar-refractivity contribution in [2.75, 3.05) is 10.6 Å². The molecule has 0 fully saturated rings. The Hall–Kier alpha value is -3.45. The summed E-state index contributed by atoms with van der Waals surface area (Å²) in [4.78, 5) is 24.2. The molecule has 29 heavy (non-hydrogen) atoms. The van der Waals surface area contributed by atoms with Gasteiger partial charge in [0, 0.05) is 11.4 Å². The van der Waals surface area contributed by atoms with Crippen LogP contribution in [0, 0.1) is 11.6 Å². The van der Waals surface area contributed by atoms with Crippen LogP contribution in [0.4, 0.5) is 25.0 Å². The van der Waals surface area contributed by atoms with Gasteiger partial charge in [0.05, 0.1) is 10.6 Å². The molecule has 0 aliphatic heterocycles. The summed E-state index contributed by atoms with van der Waals surface area (Å²) in [5.41, 5.74) is 1.31. The molecule has 0 spiro atoms. The highest BCUT2D eigenvalue weighted by molar-refractivity contribution is 6.34. The third kappa shape index (κ3) is 5.52. The summed E-state index contributed by atoms with van der Waals surface area (Å²) in [6.07, 6.45) is -0.666. The number of anilines is 2. The molecule has 2 N–H and O–H groups in total. The molecule has 0 heterocycles. The molecular weight excluding hydrogens is 402 g/mol. The molecule has 0 bridgehead atoms. The normalized spacial score (nSPS) is 10.3. The number of carbonyl (C=O) groups is 2. The lowest BCUT2D eigenvalue weighted by molar-refractivity contribution is 0.102. The van der Waals surface area contributed by atoms with Crippen molar-refractivity contribution in [3.63, 3.8) is 0 Å². The Kier molecular flexibility index (Phi) is 6.41. The van der Waals surface area contributed by atoms with Crippen LogP contribution in [0.5, 0.6) is 0 Å². The maximum atomic E-state index is 13.4. The average Bonchev–Trinajstić information content (AvgIpc) is 2.70. The fourth-order valence-electron chi connectivity index (χ4n) is 2.45. The lowest BCUT2D eigenvalue weighted by atomic mass is 10.2. The number of rotatable bonds is 5. The van der Waals surface area contributed by atoms with Gasteiger partial charge in [0.15, 0.2) is 11.6 Å². The molecule has 0 atom stereocenters. The van der Waals surface area contributed by atoms with Crippen molar-refractivity contribution in [3.05, 3.63) is 94.5 Å². The second kappa shape index (κ2) is 9.16. The van der Waals surface area contributed by atoms with E-state index in [9.17, 15) is 18.4 Å².